The van der Waals surface area contributed by atoms with Gasteiger partial charge in [-0.1, -0.05) is 54.1 Å². The summed E-state index contributed by atoms with van der Waals surface area (Å²) in [6, 6.07) is 22.1. The topological polar surface area (TPSA) is 68.5 Å². The van der Waals surface area contributed by atoms with Gasteiger partial charge in [0.15, 0.2) is 12.4 Å². The van der Waals surface area contributed by atoms with Gasteiger partial charge in [-0.2, -0.15) is 0 Å². The molecule has 3 aromatic carbocycles. The maximum atomic E-state index is 13.1. The molecule has 0 saturated heterocycles. The summed E-state index contributed by atoms with van der Waals surface area (Å²) in [5.41, 5.74) is 3.62. The number of aryl methyl sites for hydroxylation is 2. The fraction of sp³-hybridized carbons (Fsp3) is 0.120. The number of anilines is 1. The summed E-state index contributed by atoms with van der Waals surface area (Å²) in [5, 5.41) is 3.18. The highest BCUT2D eigenvalue weighted by Crippen LogP contribution is 2.31. The summed E-state index contributed by atoms with van der Waals surface area (Å²) in [7, 11) is 0. The Morgan fingerprint density at radius 3 is 2.37 bits per heavy atom. The van der Waals surface area contributed by atoms with E-state index in [0.29, 0.717) is 28.0 Å². The molecule has 30 heavy (non-hydrogen) atoms. The number of nitrogens with one attached hydrogen (secondary N) is 1. The van der Waals surface area contributed by atoms with Gasteiger partial charge in [0, 0.05) is 11.3 Å². The third-order valence-electron chi connectivity index (χ3n) is 4.73. The molecule has 4 aromatic rings. The standard InChI is InChI=1S/C25H21NO4/c1-16-8-11-19(12-9-16)26-22(27)15-29-25-23(28)20-13-10-17(2)14-21(20)30-24(25)18-6-4-3-5-7-18/h3-14H,15H2,1-2H3,(H,26,27). The third-order valence-corrected chi connectivity index (χ3v) is 4.73. The molecule has 4 rings (SSSR count). The van der Waals surface area contributed by atoms with Gasteiger partial charge < -0.3 is 14.5 Å². The van der Waals surface area contributed by atoms with E-state index in [9.17, 15) is 9.59 Å². The molecule has 0 bridgehead atoms. The van der Waals surface area contributed by atoms with Crippen molar-refractivity contribution in [1.82, 2.24) is 0 Å². The fourth-order valence-electron chi connectivity index (χ4n) is 3.17. The lowest BCUT2D eigenvalue weighted by Gasteiger charge is -2.12. The quantitative estimate of drug-likeness (QED) is 0.507. The van der Waals surface area contributed by atoms with E-state index in [-0.39, 0.29) is 23.7 Å². The van der Waals surface area contributed by atoms with Gasteiger partial charge in [0.25, 0.3) is 5.91 Å². The lowest BCUT2D eigenvalue weighted by Crippen LogP contribution is -2.22. The van der Waals surface area contributed by atoms with E-state index in [4.69, 9.17) is 9.15 Å². The number of carbonyl (C=O) groups is 1. The van der Waals surface area contributed by atoms with Crippen LogP contribution in [-0.2, 0) is 4.79 Å². The Bertz CT molecular complexity index is 1260. The van der Waals surface area contributed by atoms with Crippen molar-refractivity contribution in [2.75, 3.05) is 11.9 Å². The summed E-state index contributed by atoms with van der Waals surface area (Å²) in [5.74, 6) is -0.0280. The van der Waals surface area contributed by atoms with Gasteiger partial charge in [0.1, 0.15) is 5.58 Å². The normalized spacial score (nSPS) is 10.7. The number of fused-ring (bicyclic) bond motifs is 1. The van der Waals surface area contributed by atoms with Crippen LogP contribution in [0, 0.1) is 13.8 Å². The highest BCUT2D eigenvalue weighted by molar-refractivity contribution is 5.92. The van der Waals surface area contributed by atoms with Gasteiger partial charge in [0.05, 0.1) is 5.39 Å². The van der Waals surface area contributed by atoms with Gasteiger partial charge >= 0.3 is 0 Å². The minimum Gasteiger partial charge on any atom is -0.476 e. The number of amides is 1. The molecule has 0 spiro atoms. The van der Waals surface area contributed by atoms with Crippen LogP contribution in [0.5, 0.6) is 5.75 Å². The molecule has 0 atom stereocenters. The van der Waals surface area contributed by atoms with E-state index in [2.05, 4.69) is 5.32 Å². The summed E-state index contributed by atoms with van der Waals surface area (Å²) >= 11 is 0. The highest BCUT2D eigenvalue weighted by atomic mass is 16.5. The third kappa shape index (κ3) is 4.10. The lowest BCUT2D eigenvalue weighted by atomic mass is 10.1. The van der Waals surface area contributed by atoms with Crippen molar-refractivity contribution in [2.24, 2.45) is 0 Å². The van der Waals surface area contributed by atoms with Crippen LogP contribution in [-0.4, -0.2) is 12.5 Å². The Labute approximate surface area is 173 Å². The predicted octanol–water partition coefficient (Wildman–Crippen LogP) is 5.09. The molecule has 1 N–H and O–H groups in total. The van der Waals surface area contributed by atoms with Crippen molar-refractivity contribution in [3.8, 4) is 17.1 Å². The molecule has 0 radical (unpaired) electrons. The lowest BCUT2D eigenvalue weighted by molar-refractivity contribution is -0.118. The molecule has 0 aliphatic carbocycles. The molecule has 1 heterocycles. The van der Waals surface area contributed by atoms with Crippen LogP contribution in [0.1, 0.15) is 11.1 Å². The smallest absolute Gasteiger partial charge is 0.262 e. The summed E-state index contributed by atoms with van der Waals surface area (Å²) in [4.78, 5) is 25.5. The second-order valence-electron chi connectivity index (χ2n) is 7.16. The second kappa shape index (κ2) is 8.25. The minimum atomic E-state index is -0.360. The summed E-state index contributed by atoms with van der Waals surface area (Å²) in [6.07, 6.45) is 0. The van der Waals surface area contributed by atoms with Crippen LogP contribution in [0.3, 0.4) is 0 Å². The number of benzene rings is 3. The van der Waals surface area contributed by atoms with E-state index in [1.807, 2.05) is 80.6 Å². The van der Waals surface area contributed by atoms with E-state index in [1.54, 1.807) is 6.07 Å². The molecule has 5 heteroatoms. The van der Waals surface area contributed by atoms with Crippen molar-refractivity contribution < 1.29 is 13.9 Å². The largest absolute Gasteiger partial charge is 0.476 e. The van der Waals surface area contributed by atoms with Crippen molar-refractivity contribution >= 4 is 22.6 Å². The number of hydrogen-bond acceptors (Lipinski definition) is 4. The molecule has 0 unspecified atom stereocenters. The summed E-state index contributed by atoms with van der Waals surface area (Å²) < 4.78 is 11.7. The molecule has 0 fully saturated rings. The Balaban J connectivity index is 1.67. The van der Waals surface area contributed by atoms with Crippen molar-refractivity contribution in [3.05, 3.63) is 94.1 Å². The zero-order valence-electron chi connectivity index (χ0n) is 16.8. The maximum absolute atomic E-state index is 13.1. The van der Waals surface area contributed by atoms with Crippen molar-refractivity contribution in [2.45, 2.75) is 13.8 Å². The Kier molecular flexibility index (Phi) is 5.35. The van der Waals surface area contributed by atoms with Gasteiger partial charge in [-0.15, -0.1) is 0 Å². The second-order valence-corrected chi connectivity index (χ2v) is 7.16. The molecule has 0 saturated carbocycles. The predicted molar refractivity (Wildman–Crippen MR) is 118 cm³/mol. The van der Waals surface area contributed by atoms with Gasteiger partial charge in [-0.3, -0.25) is 9.59 Å². The van der Waals surface area contributed by atoms with E-state index in [0.717, 1.165) is 11.1 Å². The zero-order chi connectivity index (χ0) is 21.1. The number of rotatable bonds is 5. The average Bonchev–Trinajstić information content (AvgIpc) is 2.75. The van der Waals surface area contributed by atoms with Crippen LogP contribution < -0.4 is 15.5 Å². The maximum Gasteiger partial charge on any atom is 0.262 e. The molecule has 0 aliphatic heterocycles. The first-order valence-electron chi connectivity index (χ1n) is 9.63. The molecule has 5 nitrogen and oxygen atoms in total. The van der Waals surface area contributed by atoms with Crippen molar-refractivity contribution in [3.63, 3.8) is 0 Å². The van der Waals surface area contributed by atoms with E-state index >= 15 is 0 Å². The first kappa shape index (κ1) is 19.5. The van der Waals surface area contributed by atoms with Crippen LogP contribution in [0.2, 0.25) is 0 Å². The molecular formula is C25H21NO4. The van der Waals surface area contributed by atoms with Gasteiger partial charge in [-0.25, -0.2) is 0 Å². The number of carbonyl (C=O) groups excluding carboxylic acids is 1. The molecule has 0 aliphatic rings. The van der Waals surface area contributed by atoms with Gasteiger partial charge in [0.2, 0.25) is 11.2 Å². The Morgan fingerprint density at radius 1 is 0.933 bits per heavy atom. The molecular weight excluding hydrogens is 378 g/mol. The van der Waals surface area contributed by atoms with E-state index < -0.39 is 0 Å². The summed E-state index contributed by atoms with van der Waals surface area (Å²) in [6.45, 7) is 3.59. The Hall–Kier alpha value is -3.86. The van der Waals surface area contributed by atoms with Crippen LogP contribution >= 0.6 is 0 Å². The number of hydrogen-bond donors (Lipinski definition) is 1. The van der Waals surface area contributed by atoms with Gasteiger partial charge in [-0.05, 0) is 43.7 Å². The van der Waals surface area contributed by atoms with Crippen LogP contribution in [0.25, 0.3) is 22.3 Å². The minimum absolute atomic E-state index is 0.0246. The first-order chi connectivity index (χ1) is 14.5. The fourth-order valence-corrected chi connectivity index (χ4v) is 3.17. The van der Waals surface area contributed by atoms with Crippen LogP contribution in [0.15, 0.2) is 82.0 Å². The van der Waals surface area contributed by atoms with Crippen LogP contribution in [0.4, 0.5) is 5.69 Å². The molecule has 1 amide bonds. The molecule has 1 aromatic heterocycles. The monoisotopic (exact) mass is 399 g/mol. The van der Waals surface area contributed by atoms with Crippen molar-refractivity contribution in [1.29, 1.82) is 0 Å². The zero-order valence-corrected chi connectivity index (χ0v) is 16.8. The number of ether oxygens (including phenoxy) is 1. The molecule has 150 valence electrons. The highest BCUT2D eigenvalue weighted by Gasteiger charge is 2.19. The average molecular weight is 399 g/mol. The SMILES string of the molecule is Cc1ccc(NC(=O)COc2c(-c3ccccc3)oc3cc(C)ccc3c2=O)cc1. The van der Waals surface area contributed by atoms with E-state index in [1.165, 1.54) is 0 Å². The first-order valence-corrected chi connectivity index (χ1v) is 9.63. The Morgan fingerprint density at radius 2 is 1.63 bits per heavy atom.